The lowest BCUT2D eigenvalue weighted by Gasteiger charge is -2.15. The van der Waals surface area contributed by atoms with Crippen LogP contribution in [0.25, 0.3) is 0 Å². The number of rotatable bonds is 5. The molecule has 0 radical (unpaired) electrons. The lowest BCUT2D eigenvalue weighted by Crippen LogP contribution is -2.41. The van der Waals surface area contributed by atoms with Gasteiger partial charge in [-0.2, -0.15) is 0 Å². The first-order chi connectivity index (χ1) is 8.19. The molecule has 0 amide bonds. The van der Waals surface area contributed by atoms with Crippen molar-refractivity contribution in [2.45, 2.75) is 17.7 Å². The van der Waals surface area contributed by atoms with Crippen molar-refractivity contribution < 1.29 is 17.2 Å². The molecule has 102 valence electrons. The second-order valence-electron chi connectivity index (χ2n) is 3.77. The Labute approximate surface area is 109 Å². The van der Waals surface area contributed by atoms with E-state index in [1.807, 2.05) is 0 Å². The molecule has 0 spiro atoms. The van der Waals surface area contributed by atoms with E-state index in [0.29, 0.717) is 5.56 Å². The fourth-order valence-electron chi connectivity index (χ4n) is 1.18. The molecule has 0 saturated heterocycles. The molecule has 0 aromatic heterocycles. The SMILES string of the molecule is Cc1cccc(S(=O)(=O)NCC(F)(F)CN)c1Cl. The Morgan fingerprint density at radius 2 is 2.06 bits per heavy atom. The predicted molar refractivity (Wildman–Crippen MR) is 65.4 cm³/mol. The van der Waals surface area contributed by atoms with E-state index in [1.54, 1.807) is 17.7 Å². The summed E-state index contributed by atoms with van der Waals surface area (Å²) in [5, 5.41) is 0.0149. The van der Waals surface area contributed by atoms with Crippen LogP contribution in [0.4, 0.5) is 8.78 Å². The summed E-state index contributed by atoms with van der Waals surface area (Å²) in [5.41, 5.74) is 5.36. The average Bonchev–Trinajstić information content (AvgIpc) is 2.30. The molecule has 4 nitrogen and oxygen atoms in total. The summed E-state index contributed by atoms with van der Waals surface area (Å²) in [5.74, 6) is -3.29. The van der Waals surface area contributed by atoms with Crippen LogP contribution in [-0.4, -0.2) is 27.4 Å². The Bertz CT molecular complexity index is 535. The zero-order chi connectivity index (χ0) is 14.0. The summed E-state index contributed by atoms with van der Waals surface area (Å²) in [6, 6.07) is 4.35. The van der Waals surface area contributed by atoms with Crippen molar-refractivity contribution in [2.75, 3.05) is 13.1 Å². The van der Waals surface area contributed by atoms with Crippen LogP contribution in [0.1, 0.15) is 5.56 Å². The summed E-state index contributed by atoms with van der Waals surface area (Å²) in [7, 11) is -4.07. The van der Waals surface area contributed by atoms with E-state index in [4.69, 9.17) is 17.3 Å². The van der Waals surface area contributed by atoms with Crippen molar-refractivity contribution in [3.05, 3.63) is 28.8 Å². The highest BCUT2D eigenvalue weighted by Crippen LogP contribution is 2.24. The number of alkyl halides is 2. The van der Waals surface area contributed by atoms with Gasteiger partial charge in [0.1, 0.15) is 4.90 Å². The largest absolute Gasteiger partial charge is 0.325 e. The summed E-state index contributed by atoms with van der Waals surface area (Å²) in [6.45, 7) is -0.372. The molecule has 0 atom stereocenters. The average molecular weight is 299 g/mol. The van der Waals surface area contributed by atoms with Gasteiger partial charge in [-0.15, -0.1) is 0 Å². The van der Waals surface area contributed by atoms with Gasteiger partial charge in [-0.25, -0.2) is 21.9 Å². The highest BCUT2D eigenvalue weighted by Gasteiger charge is 2.30. The van der Waals surface area contributed by atoms with Gasteiger partial charge in [-0.05, 0) is 18.6 Å². The van der Waals surface area contributed by atoms with Crippen LogP contribution in [0, 0.1) is 6.92 Å². The van der Waals surface area contributed by atoms with Crippen molar-refractivity contribution >= 4 is 21.6 Å². The number of hydrogen-bond acceptors (Lipinski definition) is 3. The maximum Gasteiger partial charge on any atom is 0.273 e. The minimum atomic E-state index is -4.07. The second-order valence-corrected chi connectivity index (χ2v) is 5.88. The van der Waals surface area contributed by atoms with Gasteiger partial charge in [0.25, 0.3) is 5.92 Å². The van der Waals surface area contributed by atoms with Crippen molar-refractivity contribution in [1.82, 2.24) is 4.72 Å². The molecule has 1 aromatic carbocycles. The van der Waals surface area contributed by atoms with Crippen LogP contribution in [0.5, 0.6) is 0 Å². The fraction of sp³-hybridized carbons (Fsp3) is 0.400. The molecule has 0 fully saturated rings. The van der Waals surface area contributed by atoms with Crippen LogP contribution in [-0.2, 0) is 10.0 Å². The van der Waals surface area contributed by atoms with Gasteiger partial charge in [-0.1, -0.05) is 23.7 Å². The standard InChI is InChI=1S/C10H13ClF2N2O2S/c1-7-3-2-4-8(9(7)11)18(16,17)15-6-10(12,13)5-14/h2-4,15H,5-6,14H2,1H3. The maximum absolute atomic E-state index is 12.9. The number of sulfonamides is 1. The van der Waals surface area contributed by atoms with Crippen molar-refractivity contribution in [2.24, 2.45) is 5.73 Å². The molecule has 1 rings (SSSR count). The minimum absolute atomic E-state index is 0.0149. The van der Waals surface area contributed by atoms with E-state index in [2.05, 4.69) is 0 Å². The zero-order valence-electron chi connectivity index (χ0n) is 9.58. The summed E-state index contributed by atoms with van der Waals surface area (Å²) < 4.78 is 51.2. The minimum Gasteiger partial charge on any atom is -0.325 e. The lowest BCUT2D eigenvalue weighted by atomic mass is 10.2. The highest BCUT2D eigenvalue weighted by atomic mass is 35.5. The number of hydrogen-bond donors (Lipinski definition) is 2. The lowest BCUT2D eigenvalue weighted by molar-refractivity contribution is 0.0170. The van der Waals surface area contributed by atoms with E-state index in [0.717, 1.165) is 0 Å². The molecule has 18 heavy (non-hydrogen) atoms. The van der Waals surface area contributed by atoms with Gasteiger partial charge < -0.3 is 5.73 Å². The third-order valence-corrected chi connectivity index (χ3v) is 4.32. The summed E-state index contributed by atoms with van der Waals surface area (Å²) in [4.78, 5) is -0.225. The molecular formula is C10H13ClF2N2O2S. The molecule has 0 aliphatic rings. The van der Waals surface area contributed by atoms with Gasteiger partial charge >= 0.3 is 0 Å². The first-order valence-electron chi connectivity index (χ1n) is 5.02. The van der Waals surface area contributed by atoms with Crippen LogP contribution in [0.3, 0.4) is 0 Å². The number of nitrogens with two attached hydrogens (primary N) is 1. The van der Waals surface area contributed by atoms with Crippen molar-refractivity contribution in [1.29, 1.82) is 0 Å². The highest BCUT2D eigenvalue weighted by molar-refractivity contribution is 7.89. The zero-order valence-corrected chi connectivity index (χ0v) is 11.2. The maximum atomic E-state index is 12.9. The Morgan fingerprint density at radius 3 is 2.61 bits per heavy atom. The first kappa shape index (κ1) is 15.3. The summed E-state index contributed by atoms with van der Waals surface area (Å²) >= 11 is 5.83. The van der Waals surface area contributed by atoms with Gasteiger partial charge in [0.05, 0.1) is 18.1 Å². The van der Waals surface area contributed by atoms with E-state index in [-0.39, 0.29) is 9.92 Å². The van der Waals surface area contributed by atoms with E-state index >= 15 is 0 Å². The normalized spacial score (nSPS) is 12.7. The van der Waals surface area contributed by atoms with Gasteiger partial charge in [0, 0.05) is 0 Å². The van der Waals surface area contributed by atoms with Crippen LogP contribution < -0.4 is 10.5 Å². The van der Waals surface area contributed by atoms with Crippen LogP contribution in [0.2, 0.25) is 5.02 Å². The molecule has 0 aliphatic heterocycles. The molecular weight excluding hydrogens is 286 g/mol. The monoisotopic (exact) mass is 298 g/mol. The number of benzene rings is 1. The summed E-state index contributed by atoms with van der Waals surface area (Å²) in [6.07, 6.45) is 0. The third-order valence-electron chi connectivity index (χ3n) is 2.27. The van der Waals surface area contributed by atoms with Gasteiger partial charge in [-0.3, -0.25) is 0 Å². The number of aryl methyl sites for hydroxylation is 1. The Balaban J connectivity index is 2.98. The first-order valence-corrected chi connectivity index (χ1v) is 6.88. The Kier molecular flexibility index (Phi) is 4.66. The second kappa shape index (κ2) is 5.48. The molecule has 0 unspecified atom stereocenters. The molecule has 1 aromatic rings. The van der Waals surface area contributed by atoms with Crippen LogP contribution >= 0.6 is 11.6 Å². The molecule has 0 aliphatic carbocycles. The smallest absolute Gasteiger partial charge is 0.273 e. The van der Waals surface area contributed by atoms with Gasteiger partial charge in [0.15, 0.2) is 0 Å². The fourth-order valence-corrected chi connectivity index (χ4v) is 2.82. The topological polar surface area (TPSA) is 72.2 Å². The van der Waals surface area contributed by atoms with Gasteiger partial charge in [0.2, 0.25) is 10.0 Å². The number of nitrogens with one attached hydrogen (secondary N) is 1. The third kappa shape index (κ3) is 3.61. The molecule has 8 heteroatoms. The van der Waals surface area contributed by atoms with E-state index in [9.17, 15) is 17.2 Å². The number of halogens is 3. The Hall–Kier alpha value is -0.760. The molecule has 3 N–H and O–H groups in total. The van der Waals surface area contributed by atoms with Crippen molar-refractivity contribution in [3.63, 3.8) is 0 Å². The molecule has 0 heterocycles. The quantitative estimate of drug-likeness (QED) is 0.866. The van der Waals surface area contributed by atoms with Crippen molar-refractivity contribution in [3.8, 4) is 0 Å². The molecule has 0 saturated carbocycles. The molecule has 0 bridgehead atoms. The predicted octanol–water partition coefficient (Wildman–Crippen LogP) is 1.52. The van der Waals surface area contributed by atoms with E-state index < -0.39 is 29.0 Å². The van der Waals surface area contributed by atoms with Crippen LogP contribution in [0.15, 0.2) is 23.1 Å². The van der Waals surface area contributed by atoms with E-state index in [1.165, 1.54) is 12.1 Å². The Morgan fingerprint density at radius 1 is 1.44 bits per heavy atom.